The number of hydrogen-bond donors (Lipinski definition) is 0. The van der Waals surface area contributed by atoms with Gasteiger partial charge in [0.2, 0.25) is 5.91 Å². The molecule has 1 unspecified atom stereocenters. The average Bonchev–Trinajstić information content (AvgIpc) is 3.28. The van der Waals surface area contributed by atoms with Crippen LogP contribution in [0.4, 0.5) is 0 Å². The first-order chi connectivity index (χ1) is 17.6. The summed E-state index contributed by atoms with van der Waals surface area (Å²) < 4.78 is 21.0. The zero-order chi connectivity index (χ0) is 24.7. The highest BCUT2D eigenvalue weighted by molar-refractivity contribution is 7.89. The molecule has 36 heavy (non-hydrogen) atoms. The van der Waals surface area contributed by atoms with E-state index in [1.807, 2.05) is 84.6 Å². The van der Waals surface area contributed by atoms with Gasteiger partial charge in [0, 0.05) is 10.8 Å². The molecule has 4 nitrogen and oxygen atoms in total. The van der Waals surface area contributed by atoms with Gasteiger partial charge < -0.3 is 4.74 Å². The number of allylic oxidation sites excluding steroid dienone is 1. The van der Waals surface area contributed by atoms with Crippen molar-refractivity contribution in [3.05, 3.63) is 112 Å². The first-order valence-corrected chi connectivity index (χ1v) is 14.0. The Kier molecular flexibility index (Phi) is 6.14. The van der Waals surface area contributed by atoms with Gasteiger partial charge in [0.05, 0.1) is 33.9 Å². The SMILES string of the molecule is Cc1ccc(S(=O)C2=C3COC4(CCCCC4)N3C(=O)[C@@H](c3ccccc3)[C@H]2c2ccccc2)cc1. The van der Waals surface area contributed by atoms with Crippen LogP contribution in [-0.2, 0) is 20.3 Å². The van der Waals surface area contributed by atoms with E-state index in [1.54, 1.807) is 0 Å². The normalized spacial score (nSPS) is 24.1. The summed E-state index contributed by atoms with van der Waals surface area (Å²) in [6, 6.07) is 28.0. The van der Waals surface area contributed by atoms with Crippen LogP contribution in [0.3, 0.4) is 0 Å². The summed E-state index contributed by atoms with van der Waals surface area (Å²) >= 11 is 0. The summed E-state index contributed by atoms with van der Waals surface area (Å²) in [5.74, 6) is -0.742. The topological polar surface area (TPSA) is 46.6 Å². The molecule has 3 aromatic carbocycles. The molecule has 2 fully saturated rings. The Morgan fingerprint density at radius 3 is 2.00 bits per heavy atom. The van der Waals surface area contributed by atoms with Gasteiger partial charge in [0.25, 0.3) is 0 Å². The van der Waals surface area contributed by atoms with E-state index in [-0.39, 0.29) is 11.8 Å². The Bertz CT molecular complexity index is 1310. The van der Waals surface area contributed by atoms with E-state index in [0.717, 1.165) is 64.3 Å². The van der Waals surface area contributed by atoms with E-state index in [9.17, 15) is 9.00 Å². The molecule has 2 aliphatic heterocycles. The average molecular weight is 498 g/mol. The Morgan fingerprint density at radius 1 is 0.806 bits per heavy atom. The molecule has 1 aliphatic carbocycles. The number of benzene rings is 3. The van der Waals surface area contributed by atoms with Crippen molar-refractivity contribution in [1.29, 1.82) is 0 Å². The van der Waals surface area contributed by atoms with Gasteiger partial charge in [0.15, 0.2) is 0 Å². The van der Waals surface area contributed by atoms with Gasteiger partial charge in [0.1, 0.15) is 5.72 Å². The number of amides is 1. The lowest BCUT2D eigenvalue weighted by atomic mass is 9.76. The lowest BCUT2D eigenvalue weighted by Crippen LogP contribution is -2.53. The number of ether oxygens (including phenoxy) is 1. The lowest BCUT2D eigenvalue weighted by molar-refractivity contribution is -0.155. The Morgan fingerprint density at radius 2 is 1.39 bits per heavy atom. The monoisotopic (exact) mass is 497 g/mol. The maximum absolute atomic E-state index is 14.5. The highest BCUT2D eigenvalue weighted by Gasteiger charge is 2.56. The first kappa shape index (κ1) is 23.4. The van der Waals surface area contributed by atoms with Crippen LogP contribution in [-0.4, -0.2) is 27.3 Å². The van der Waals surface area contributed by atoms with E-state index in [2.05, 4.69) is 12.1 Å². The summed E-state index contributed by atoms with van der Waals surface area (Å²) in [4.78, 5) is 18.0. The number of fused-ring (bicyclic) bond motifs is 2. The fraction of sp³-hybridized carbons (Fsp3) is 0.323. The Labute approximate surface area is 215 Å². The fourth-order valence-electron chi connectivity index (χ4n) is 6.19. The van der Waals surface area contributed by atoms with Crippen LogP contribution in [0, 0.1) is 6.92 Å². The van der Waals surface area contributed by atoms with Crippen molar-refractivity contribution in [3.63, 3.8) is 0 Å². The zero-order valence-electron chi connectivity index (χ0n) is 20.6. The maximum atomic E-state index is 14.5. The minimum Gasteiger partial charge on any atom is -0.349 e. The van der Waals surface area contributed by atoms with Crippen LogP contribution < -0.4 is 0 Å². The van der Waals surface area contributed by atoms with Gasteiger partial charge in [-0.2, -0.15) is 0 Å². The van der Waals surface area contributed by atoms with Gasteiger partial charge in [-0.05, 0) is 55.9 Å². The molecule has 3 aliphatic rings. The van der Waals surface area contributed by atoms with Crippen molar-refractivity contribution in [3.8, 4) is 0 Å². The van der Waals surface area contributed by atoms with Crippen molar-refractivity contribution in [1.82, 2.24) is 4.90 Å². The fourth-order valence-corrected chi connectivity index (χ4v) is 7.69. The minimum absolute atomic E-state index is 0.0640. The molecule has 1 saturated heterocycles. The predicted molar refractivity (Wildman–Crippen MR) is 142 cm³/mol. The summed E-state index contributed by atoms with van der Waals surface area (Å²) in [5.41, 5.74) is 3.27. The minimum atomic E-state index is -1.44. The van der Waals surface area contributed by atoms with E-state index in [1.165, 1.54) is 0 Å². The van der Waals surface area contributed by atoms with Crippen LogP contribution in [0.5, 0.6) is 0 Å². The van der Waals surface area contributed by atoms with E-state index in [4.69, 9.17) is 4.74 Å². The van der Waals surface area contributed by atoms with E-state index in [0.29, 0.717) is 6.61 Å². The van der Waals surface area contributed by atoms with E-state index >= 15 is 0 Å². The third-order valence-corrected chi connectivity index (χ3v) is 9.52. The Hall–Kier alpha value is -3.02. The van der Waals surface area contributed by atoms with Crippen molar-refractivity contribution < 1.29 is 13.7 Å². The van der Waals surface area contributed by atoms with Crippen LogP contribution in [0.2, 0.25) is 0 Å². The zero-order valence-corrected chi connectivity index (χ0v) is 21.4. The highest BCUT2D eigenvalue weighted by atomic mass is 32.2. The van der Waals surface area contributed by atoms with Crippen LogP contribution >= 0.6 is 0 Å². The van der Waals surface area contributed by atoms with Gasteiger partial charge in [-0.15, -0.1) is 0 Å². The molecule has 0 N–H and O–H groups in total. The van der Waals surface area contributed by atoms with Crippen LogP contribution in [0.25, 0.3) is 0 Å². The molecular formula is C31H31NO3S. The predicted octanol–water partition coefficient (Wildman–Crippen LogP) is 6.41. The number of nitrogens with zero attached hydrogens (tertiary/aromatic N) is 1. The van der Waals surface area contributed by atoms with Crippen molar-refractivity contribution in [2.45, 2.75) is 61.5 Å². The molecule has 3 aromatic rings. The van der Waals surface area contributed by atoms with Gasteiger partial charge in [-0.25, -0.2) is 4.21 Å². The largest absolute Gasteiger partial charge is 0.349 e. The number of carbonyl (C=O) groups excluding carboxylic acids is 1. The molecule has 0 bridgehead atoms. The Balaban J connectivity index is 1.60. The number of carbonyl (C=O) groups is 1. The summed E-state index contributed by atoms with van der Waals surface area (Å²) in [5, 5.41) is 0. The molecule has 1 saturated carbocycles. The van der Waals surface area contributed by atoms with Crippen molar-refractivity contribution in [2.24, 2.45) is 0 Å². The second-order valence-corrected chi connectivity index (χ2v) is 11.6. The number of rotatable bonds is 4. The van der Waals surface area contributed by atoms with Crippen molar-refractivity contribution in [2.75, 3.05) is 6.61 Å². The second kappa shape index (κ2) is 9.45. The molecular weight excluding hydrogens is 466 g/mol. The first-order valence-electron chi connectivity index (χ1n) is 12.9. The molecule has 6 rings (SSSR count). The van der Waals surface area contributed by atoms with Gasteiger partial charge >= 0.3 is 0 Å². The standard InChI is InChI=1S/C31H31NO3S/c1-22-15-17-25(18-16-22)36(34)29-26-21-35-31(19-9-4-10-20-31)32(26)30(33)28(24-13-7-3-8-14-24)27(29)23-11-5-2-6-12-23/h2-3,5-8,11-18,27-28H,4,9-10,19-21H2,1H3/t27-,28+,36?/m1/s1. The number of hydrogen-bond acceptors (Lipinski definition) is 3. The van der Waals surface area contributed by atoms with Gasteiger partial charge in [-0.3, -0.25) is 9.69 Å². The summed E-state index contributed by atoms with van der Waals surface area (Å²) in [6.45, 7) is 2.36. The number of aryl methyl sites for hydroxylation is 1. The second-order valence-electron chi connectivity index (χ2n) is 10.1. The molecule has 1 spiro atoms. The third-order valence-electron chi connectivity index (χ3n) is 7.93. The summed E-state index contributed by atoms with van der Waals surface area (Å²) in [6.07, 6.45) is 4.87. The molecule has 5 heteroatoms. The highest BCUT2D eigenvalue weighted by Crippen LogP contribution is 2.54. The van der Waals surface area contributed by atoms with Crippen LogP contribution in [0.15, 0.2) is 100 Å². The molecule has 0 radical (unpaired) electrons. The maximum Gasteiger partial charge on any atom is 0.237 e. The molecule has 184 valence electrons. The molecule has 0 aromatic heterocycles. The summed E-state index contributed by atoms with van der Waals surface area (Å²) in [7, 11) is -1.44. The molecule has 2 heterocycles. The smallest absolute Gasteiger partial charge is 0.237 e. The van der Waals surface area contributed by atoms with Crippen molar-refractivity contribution >= 4 is 16.7 Å². The van der Waals surface area contributed by atoms with Crippen LogP contribution in [0.1, 0.15) is 60.6 Å². The third kappa shape index (κ3) is 3.86. The van der Waals surface area contributed by atoms with E-state index < -0.39 is 22.4 Å². The quantitative estimate of drug-likeness (QED) is 0.418. The van der Waals surface area contributed by atoms with Gasteiger partial charge in [-0.1, -0.05) is 84.8 Å². The molecule has 3 atom stereocenters. The molecule has 1 amide bonds. The lowest BCUT2D eigenvalue weighted by Gasteiger charge is -2.46.